The van der Waals surface area contributed by atoms with Crippen LogP contribution in [0, 0.1) is 23.2 Å². The molecule has 0 bridgehead atoms. The molecule has 5 N–H and O–H groups in total. The van der Waals surface area contributed by atoms with Crippen molar-refractivity contribution in [1.82, 2.24) is 40.5 Å². The van der Waals surface area contributed by atoms with E-state index in [1.165, 1.54) is 11.3 Å². The third-order valence-corrected chi connectivity index (χ3v) is 13.2. The second-order valence-electron chi connectivity index (χ2n) is 19.3. The van der Waals surface area contributed by atoms with E-state index in [0.717, 1.165) is 45.6 Å². The quantitative estimate of drug-likeness (QED) is 0.138. The van der Waals surface area contributed by atoms with Crippen molar-refractivity contribution in [2.75, 3.05) is 51.2 Å². The van der Waals surface area contributed by atoms with Crippen LogP contribution in [0.4, 0.5) is 10.6 Å². The van der Waals surface area contributed by atoms with Gasteiger partial charge in [-0.05, 0) is 74.8 Å². The Morgan fingerprint density at radius 2 is 1.77 bits per heavy atom. The molecule has 5 fully saturated rings. The van der Waals surface area contributed by atoms with Crippen LogP contribution in [-0.2, 0) is 19.1 Å². The molecule has 62 heavy (non-hydrogen) atoms. The summed E-state index contributed by atoms with van der Waals surface area (Å²) in [5.74, 6) is 1.12. The Bertz CT molecular complexity index is 2140. The zero-order valence-electron chi connectivity index (χ0n) is 36.8. The molecule has 2 saturated heterocycles. The van der Waals surface area contributed by atoms with Crippen LogP contribution in [0.15, 0.2) is 36.5 Å². The molecule has 7 atom stereocenters. The average molecular weight is 858 g/mol. The molecule has 17 nitrogen and oxygen atoms in total. The summed E-state index contributed by atoms with van der Waals surface area (Å²) in [5.41, 5.74) is -1.57. The van der Waals surface area contributed by atoms with Gasteiger partial charge in [0.15, 0.2) is 5.82 Å². The smallest absolute Gasteiger partial charge is 0.408 e. The number of carboxylic acid groups (broad SMARTS) is 1. The molecule has 3 saturated carbocycles. The van der Waals surface area contributed by atoms with Crippen molar-refractivity contribution in [3.8, 4) is 17.3 Å². The first kappa shape index (κ1) is 43.5. The molecule has 4 heterocycles. The molecule has 3 amide bonds. The topological polar surface area (TPSA) is 202 Å². The van der Waals surface area contributed by atoms with Gasteiger partial charge in [-0.1, -0.05) is 34.1 Å². The summed E-state index contributed by atoms with van der Waals surface area (Å²) < 4.78 is 20.5. The van der Waals surface area contributed by atoms with E-state index in [2.05, 4.69) is 26.2 Å². The van der Waals surface area contributed by atoms with Crippen LogP contribution >= 0.6 is 0 Å². The molecule has 0 radical (unpaired) electrons. The molecule has 5 unspecified atom stereocenters. The summed E-state index contributed by atoms with van der Waals surface area (Å²) in [7, 11) is 0. The Morgan fingerprint density at radius 3 is 2.45 bits per heavy atom. The molecule has 17 heteroatoms. The maximum absolute atomic E-state index is 14.8. The van der Waals surface area contributed by atoms with Gasteiger partial charge in [0.05, 0.1) is 12.1 Å². The predicted octanol–water partition coefficient (Wildman–Crippen LogP) is 4.18. The number of aliphatic carboxylic acids is 1. The first-order valence-corrected chi connectivity index (χ1v) is 22.4. The number of nitrogens with one attached hydrogen (secondary N) is 4. The van der Waals surface area contributed by atoms with Gasteiger partial charge in [0.1, 0.15) is 53.8 Å². The van der Waals surface area contributed by atoms with Crippen molar-refractivity contribution < 1.29 is 38.5 Å². The molecule has 2 aliphatic heterocycles. The van der Waals surface area contributed by atoms with Gasteiger partial charge in [0.25, 0.3) is 0 Å². The molecule has 336 valence electrons. The lowest BCUT2D eigenvalue weighted by atomic mass is 9.85. The average Bonchev–Trinajstić information content (AvgIpc) is 3.89. The maximum Gasteiger partial charge on any atom is 0.408 e. The molecule has 1 aromatic carbocycles. The summed E-state index contributed by atoms with van der Waals surface area (Å²) in [6, 6.07) is 7.34. The van der Waals surface area contributed by atoms with Gasteiger partial charge in [0.2, 0.25) is 11.8 Å². The molecular weight excluding hydrogens is 795 g/mol. The van der Waals surface area contributed by atoms with Gasteiger partial charge in [-0.25, -0.2) is 19.3 Å². The number of benzene rings is 1. The van der Waals surface area contributed by atoms with Gasteiger partial charge >= 0.3 is 12.1 Å². The third kappa shape index (κ3) is 9.58. The van der Waals surface area contributed by atoms with Crippen molar-refractivity contribution in [3.05, 3.63) is 36.5 Å². The maximum atomic E-state index is 14.8. The van der Waals surface area contributed by atoms with Gasteiger partial charge in [0, 0.05) is 75.0 Å². The normalized spacial score (nSPS) is 27.4. The lowest BCUT2D eigenvalue weighted by Crippen LogP contribution is -2.59. The molecule has 8 rings (SSSR count). The zero-order valence-corrected chi connectivity index (χ0v) is 36.8. The summed E-state index contributed by atoms with van der Waals surface area (Å²) in [5, 5.41) is 28.0. The molecule has 3 aliphatic carbocycles. The summed E-state index contributed by atoms with van der Waals surface area (Å²) in [4.78, 5) is 63.7. The van der Waals surface area contributed by atoms with Gasteiger partial charge in [-0.15, -0.1) is 5.10 Å². The first-order chi connectivity index (χ1) is 29.6. The van der Waals surface area contributed by atoms with Gasteiger partial charge in [-0.3, -0.25) is 14.5 Å². The van der Waals surface area contributed by atoms with Crippen LogP contribution in [0.5, 0.6) is 11.5 Å². The fourth-order valence-corrected chi connectivity index (χ4v) is 9.54. The molecule has 5 aliphatic rings. The van der Waals surface area contributed by atoms with Crippen LogP contribution in [0.3, 0.4) is 0 Å². The van der Waals surface area contributed by atoms with Crippen molar-refractivity contribution in [3.63, 3.8) is 0 Å². The fourth-order valence-electron chi connectivity index (χ4n) is 9.54. The number of nitrogens with zero attached hydrogens (tertiary/aromatic N) is 5. The van der Waals surface area contributed by atoms with Crippen LogP contribution in [0.25, 0.3) is 16.7 Å². The number of likely N-dealkylation sites (tertiary alicyclic amines) is 1. The highest BCUT2D eigenvalue weighted by Gasteiger charge is 2.61. The predicted molar refractivity (Wildman–Crippen MR) is 231 cm³/mol. The number of piperazine rings is 1. The minimum absolute atomic E-state index is 0.0000804. The Balaban J connectivity index is 1.07. The number of anilines is 1. The van der Waals surface area contributed by atoms with E-state index in [0.29, 0.717) is 65.3 Å². The number of alkyl carbamates (subject to hydrolysis) is 1. The van der Waals surface area contributed by atoms with Crippen LogP contribution in [-0.4, -0.2) is 135 Å². The highest BCUT2D eigenvalue weighted by Crippen LogP contribution is 2.52. The lowest BCUT2D eigenvalue weighted by molar-refractivity contribution is -0.146. The number of hydrogen-bond acceptors (Lipinski definition) is 12. The Hall–Kier alpha value is -5.16. The third-order valence-electron chi connectivity index (χ3n) is 13.2. The number of ether oxygens (including phenoxy) is 3. The molecule has 3 aromatic rings. The lowest BCUT2D eigenvalue weighted by Gasteiger charge is -2.35. The number of hydrogen-bond donors (Lipinski definition) is 5. The monoisotopic (exact) mass is 857 g/mol. The Labute approximate surface area is 363 Å². The zero-order chi connectivity index (χ0) is 43.9. The highest BCUT2D eigenvalue weighted by molar-refractivity contribution is 5.96. The number of rotatable bonds is 16. The molecule has 2 aromatic heterocycles. The number of aromatic nitrogens is 3. The largest absolute Gasteiger partial charge is 0.492 e. The van der Waals surface area contributed by atoms with Crippen molar-refractivity contribution in [2.24, 2.45) is 23.2 Å². The van der Waals surface area contributed by atoms with Crippen LogP contribution in [0.1, 0.15) is 80.1 Å². The second kappa shape index (κ2) is 17.5. The number of pyridine rings is 1. The van der Waals surface area contributed by atoms with E-state index < -0.39 is 53.0 Å². The van der Waals surface area contributed by atoms with Crippen LogP contribution in [0.2, 0.25) is 0 Å². The molecule has 0 spiro atoms. The van der Waals surface area contributed by atoms with E-state index in [-0.39, 0.29) is 31.0 Å². The second-order valence-corrected chi connectivity index (χ2v) is 19.3. The Kier molecular flexibility index (Phi) is 12.3. The van der Waals surface area contributed by atoms with Gasteiger partial charge < -0.3 is 45.5 Å². The van der Waals surface area contributed by atoms with E-state index in [4.69, 9.17) is 24.3 Å². The first-order valence-electron chi connectivity index (χ1n) is 22.4. The van der Waals surface area contributed by atoms with E-state index in [1.54, 1.807) is 10.7 Å². The minimum atomic E-state index is -1.40. The van der Waals surface area contributed by atoms with Crippen molar-refractivity contribution in [1.29, 1.82) is 0 Å². The Morgan fingerprint density at radius 1 is 1.02 bits per heavy atom. The number of fused-ring (bicyclic) bond motifs is 2. The summed E-state index contributed by atoms with van der Waals surface area (Å²) >= 11 is 0. The number of carboxylic acids is 1. The van der Waals surface area contributed by atoms with Crippen LogP contribution < -0.4 is 30.7 Å². The number of carbonyl (C=O) groups is 4. The minimum Gasteiger partial charge on any atom is -0.492 e. The fraction of sp³-hybridized carbons (Fsp3) is 0.644. The SMILES string of the molecule is CCC1C[C@]1(NC(=O)C1C[C@@H](Oc2cc(-n3ccc(NC(C)C)n3)nc3cc(OCCN4CCNCC4)ccc23)CN1C(=O)C(NC(=O)OC1CC2CC2C1)C(C)(C)C)C(=O)O. The highest BCUT2D eigenvalue weighted by atomic mass is 16.6. The number of amides is 3. The van der Waals surface area contributed by atoms with E-state index >= 15 is 0 Å². The van der Waals surface area contributed by atoms with E-state index in [1.807, 2.05) is 72.0 Å². The molecular formula is C45H63N9O8. The summed E-state index contributed by atoms with van der Waals surface area (Å²) in [6.07, 6.45) is 4.07. The standard InChI is InChI=1S/C45H63N9O8/c1-7-29-24-45(29,42(57)58)50-40(55)35-22-32(25-53(35)41(56)39(44(4,5)6)49-43(59)62-31-19-27-18-28(27)20-31)61-36-23-38(54-13-10-37(51-54)47-26(2)3)48-34-21-30(8-9-33(34)36)60-17-16-52-14-11-46-12-15-52/h8-10,13,21,23,26-29,31-32,35,39,46H,7,11-12,14-20,22,24-25H2,1-6H3,(H,47,51)(H,49,59)(H,50,55)(H,57,58)/t27?,28?,29?,31?,32-,35?,39?,45-/m1/s1. The summed E-state index contributed by atoms with van der Waals surface area (Å²) in [6.45, 7) is 16.7. The van der Waals surface area contributed by atoms with Crippen molar-refractivity contribution in [2.45, 2.75) is 116 Å². The van der Waals surface area contributed by atoms with Crippen molar-refractivity contribution >= 4 is 40.6 Å². The van der Waals surface area contributed by atoms with Gasteiger partial charge in [-0.2, -0.15) is 0 Å². The van der Waals surface area contributed by atoms with E-state index in [9.17, 15) is 24.3 Å². The number of carbonyl (C=O) groups excluding carboxylic acids is 3.